The zero-order chi connectivity index (χ0) is 14.0. The zero-order valence-electron chi connectivity index (χ0n) is 10.9. The van der Waals surface area contributed by atoms with Crippen molar-refractivity contribution in [2.24, 2.45) is 0 Å². The third-order valence-corrected chi connectivity index (χ3v) is 4.83. The molecule has 19 heavy (non-hydrogen) atoms. The third kappa shape index (κ3) is 3.24. The van der Waals surface area contributed by atoms with Crippen LogP contribution in [0, 0.1) is 6.92 Å². The number of hydrogen-bond donors (Lipinski definition) is 1. The minimum absolute atomic E-state index is 0.228. The number of thiazole rings is 1. The third-order valence-electron chi connectivity index (χ3n) is 2.49. The van der Waals surface area contributed by atoms with Gasteiger partial charge in [0.1, 0.15) is 0 Å². The SMILES string of the molecule is Cc1csc(NS(=O)(=O)c2cccc(N(C)C)c2)n1. The van der Waals surface area contributed by atoms with Crippen molar-refractivity contribution in [3.8, 4) is 0 Å². The number of benzene rings is 1. The highest BCUT2D eigenvalue weighted by Crippen LogP contribution is 2.22. The maximum absolute atomic E-state index is 12.2. The van der Waals surface area contributed by atoms with E-state index in [4.69, 9.17) is 0 Å². The van der Waals surface area contributed by atoms with Crippen LogP contribution in [0.25, 0.3) is 0 Å². The van der Waals surface area contributed by atoms with Gasteiger partial charge in [0.15, 0.2) is 5.13 Å². The monoisotopic (exact) mass is 297 g/mol. The van der Waals surface area contributed by atoms with Gasteiger partial charge in [-0.3, -0.25) is 4.72 Å². The van der Waals surface area contributed by atoms with Gasteiger partial charge in [-0.05, 0) is 25.1 Å². The van der Waals surface area contributed by atoms with Gasteiger partial charge in [0, 0.05) is 25.2 Å². The van der Waals surface area contributed by atoms with Crippen LogP contribution in [0.5, 0.6) is 0 Å². The van der Waals surface area contributed by atoms with E-state index in [1.165, 1.54) is 11.3 Å². The minimum Gasteiger partial charge on any atom is -0.378 e. The van der Waals surface area contributed by atoms with E-state index in [1.807, 2.05) is 32.0 Å². The predicted molar refractivity (Wildman–Crippen MR) is 78.4 cm³/mol. The molecular weight excluding hydrogens is 282 g/mol. The Bertz CT molecular complexity index is 678. The molecule has 0 aliphatic carbocycles. The molecule has 0 fully saturated rings. The fraction of sp³-hybridized carbons (Fsp3) is 0.250. The summed E-state index contributed by atoms with van der Waals surface area (Å²) < 4.78 is 26.9. The second-order valence-electron chi connectivity index (χ2n) is 4.29. The molecular formula is C12H15N3O2S2. The van der Waals surface area contributed by atoms with E-state index in [-0.39, 0.29) is 4.90 Å². The molecule has 7 heteroatoms. The molecule has 1 N–H and O–H groups in total. The summed E-state index contributed by atoms with van der Waals surface area (Å²) in [6, 6.07) is 6.77. The summed E-state index contributed by atoms with van der Waals surface area (Å²) in [6.45, 7) is 1.82. The number of aryl methyl sites for hydroxylation is 1. The van der Waals surface area contributed by atoms with Gasteiger partial charge in [-0.2, -0.15) is 0 Å². The highest BCUT2D eigenvalue weighted by Gasteiger charge is 2.16. The summed E-state index contributed by atoms with van der Waals surface area (Å²) in [5.74, 6) is 0. The van der Waals surface area contributed by atoms with Gasteiger partial charge in [0.05, 0.1) is 10.6 Å². The summed E-state index contributed by atoms with van der Waals surface area (Å²) in [6.07, 6.45) is 0. The smallest absolute Gasteiger partial charge is 0.263 e. The molecule has 1 heterocycles. The maximum atomic E-state index is 12.2. The summed E-state index contributed by atoms with van der Waals surface area (Å²) in [4.78, 5) is 6.18. The Morgan fingerprint density at radius 3 is 2.63 bits per heavy atom. The van der Waals surface area contributed by atoms with E-state index in [9.17, 15) is 8.42 Å². The standard InChI is InChI=1S/C12H15N3O2S2/c1-9-8-18-12(13-9)14-19(16,17)11-6-4-5-10(7-11)15(2)3/h4-8H,1-3H3,(H,13,14). The number of nitrogens with zero attached hydrogens (tertiary/aromatic N) is 2. The van der Waals surface area contributed by atoms with Crippen molar-refractivity contribution in [1.82, 2.24) is 4.98 Å². The lowest BCUT2D eigenvalue weighted by molar-refractivity contribution is 0.601. The number of sulfonamides is 1. The van der Waals surface area contributed by atoms with Crippen molar-refractivity contribution in [2.75, 3.05) is 23.7 Å². The molecule has 1 aromatic heterocycles. The van der Waals surface area contributed by atoms with Crippen LogP contribution in [-0.2, 0) is 10.0 Å². The molecule has 2 rings (SSSR count). The molecule has 0 aliphatic rings. The van der Waals surface area contributed by atoms with Gasteiger partial charge >= 0.3 is 0 Å². The van der Waals surface area contributed by atoms with Crippen molar-refractivity contribution in [2.45, 2.75) is 11.8 Å². The molecule has 0 aliphatic heterocycles. The topological polar surface area (TPSA) is 62.3 Å². The molecule has 0 saturated carbocycles. The largest absolute Gasteiger partial charge is 0.378 e. The minimum atomic E-state index is -3.58. The molecule has 102 valence electrons. The molecule has 1 aromatic carbocycles. The number of rotatable bonds is 4. The van der Waals surface area contributed by atoms with Crippen LogP contribution < -0.4 is 9.62 Å². The van der Waals surface area contributed by atoms with Crippen LogP contribution in [0.1, 0.15) is 5.69 Å². The quantitative estimate of drug-likeness (QED) is 0.940. The normalized spacial score (nSPS) is 11.3. The first-order valence-corrected chi connectivity index (χ1v) is 7.97. The Balaban J connectivity index is 2.31. The Labute approximate surface area is 117 Å². The van der Waals surface area contributed by atoms with Crippen molar-refractivity contribution >= 4 is 32.2 Å². The average Bonchev–Trinajstić information content (AvgIpc) is 2.74. The first-order chi connectivity index (χ1) is 8.88. The molecule has 2 aromatic rings. The van der Waals surface area contributed by atoms with Crippen LogP contribution >= 0.6 is 11.3 Å². The van der Waals surface area contributed by atoms with Gasteiger partial charge in [0.25, 0.3) is 10.0 Å². The molecule has 0 atom stereocenters. The van der Waals surface area contributed by atoms with Crippen LogP contribution in [-0.4, -0.2) is 27.5 Å². The Morgan fingerprint density at radius 2 is 2.05 bits per heavy atom. The van der Waals surface area contributed by atoms with Gasteiger partial charge in [-0.15, -0.1) is 11.3 Å². The van der Waals surface area contributed by atoms with Crippen LogP contribution in [0.15, 0.2) is 34.5 Å². The van der Waals surface area contributed by atoms with Crippen LogP contribution in [0.4, 0.5) is 10.8 Å². The van der Waals surface area contributed by atoms with Crippen molar-refractivity contribution in [1.29, 1.82) is 0 Å². The number of hydrogen-bond acceptors (Lipinski definition) is 5. The van der Waals surface area contributed by atoms with Gasteiger partial charge in [0.2, 0.25) is 0 Å². The summed E-state index contributed by atoms with van der Waals surface area (Å²) in [5.41, 5.74) is 1.63. The first-order valence-electron chi connectivity index (χ1n) is 5.61. The van der Waals surface area contributed by atoms with Gasteiger partial charge in [-0.1, -0.05) is 6.07 Å². The maximum Gasteiger partial charge on any atom is 0.263 e. The highest BCUT2D eigenvalue weighted by atomic mass is 32.2. The molecule has 0 bridgehead atoms. The van der Waals surface area contributed by atoms with E-state index in [0.717, 1.165) is 11.4 Å². The summed E-state index contributed by atoms with van der Waals surface area (Å²) in [7, 11) is 0.144. The molecule has 5 nitrogen and oxygen atoms in total. The van der Waals surface area contributed by atoms with E-state index < -0.39 is 10.0 Å². The fourth-order valence-electron chi connectivity index (χ4n) is 1.50. The summed E-state index contributed by atoms with van der Waals surface area (Å²) >= 11 is 1.27. The molecule has 0 unspecified atom stereocenters. The first kappa shape index (κ1) is 13.8. The molecule has 0 radical (unpaired) electrons. The fourth-order valence-corrected chi connectivity index (χ4v) is 3.48. The lowest BCUT2D eigenvalue weighted by Gasteiger charge is -2.13. The lowest BCUT2D eigenvalue weighted by Crippen LogP contribution is -2.14. The zero-order valence-corrected chi connectivity index (χ0v) is 12.5. The summed E-state index contributed by atoms with van der Waals surface area (Å²) in [5, 5.41) is 2.18. The van der Waals surface area contributed by atoms with Crippen molar-refractivity contribution in [3.63, 3.8) is 0 Å². The molecule has 0 spiro atoms. The highest BCUT2D eigenvalue weighted by molar-refractivity contribution is 7.93. The number of aromatic nitrogens is 1. The average molecular weight is 297 g/mol. The van der Waals surface area contributed by atoms with E-state index in [1.54, 1.807) is 23.6 Å². The Hall–Kier alpha value is -1.60. The van der Waals surface area contributed by atoms with E-state index in [2.05, 4.69) is 9.71 Å². The van der Waals surface area contributed by atoms with Crippen molar-refractivity contribution < 1.29 is 8.42 Å². The van der Waals surface area contributed by atoms with E-state index in [0.29, 0.717) is 5.13 Å². The lowest BCUT2D eigenvalue weighted by atomic mass is 10.3. The second-order valence-corrected chi connectivity index (χ2v) is 6.83. The Kier molecular flexibility index (Phi) is 3.77. The predicted octanol–water partition coefficient (Wildman–Crippen LogP) is 2.32. The Morgan fingerprint density at radius 1 is 1.32 bits per heavy atom. The number of nitrogens with one attached hydrogen (secondary N) is 1. The molecule has 0 amide bonds. The van der Waals surface area contributed by atoms with Crippen LogP contribution in [0.3, 0.4) is 0 Å². The number of anilines is 2. The molecule has 0 saturated heterocycles. The van der Waals surface area contributed by atoms with Gasteiger partial charge in [-0.25, -0.2) is 13.4 Å². The van der Waals surface area contributed by atoms with E-state index >= 15 is 0 Å². The van der Waals surface area contributed by atoms with Crippen LogP contribution in [0.2, 0.25) is 0 Å². The second kappa shape index (κ2) is 5.18. The van der Waals surface area contributed by atoms with Crippen molar-refractivity contribution in [3.05, 3.63) is 35.3 Å². The van der Waals surface area contributed by atoms with Gasteiger partial charge < -0.3 is 4.90 Å².